The average Bonchev–Trinajstić information content (AvgIpc) is 2.19. The molecule has 0 radical (unpaired) electrons. The third-order valence-corrected chi connectivity index (χ3v) is 1.75. The van der Waals surface area contributed by atoms with Crippen molar-refractivity contribution in [1.82, 2.24) is 9.62 Å². The third-order valence-electron chi connectivity index (χ3n) is 1.49. The van der Waals surface area contributed by atoms with Gasteiger partial charge >= 0.3 is 58.1 Å². The summed E-state index contributed by atoms with van der Waals surface area (Å²) < 4.78 is 3.02. The molecule has 0 spiro atoms. The zero-order valence-corrected chi connectivity index (χ0v) is 6.09. The fraction of sp³-hybridized carbons (Fsp3) is 1.00. The molecule has 1 heterocycles. The van der Waals surface area contributed by atoms with E-state index in [4.69, 9.17) is 0 Å². The van der Waals surface area contributed by atoms with Gasteiger partial charge in [0.25, 0.3) is 0 Å². The molecule has 0 bridgehead atoms. The molecule has 47 valence electrons. The van der Waals surface area contributed by atoms with Crippen LogP contribution in [0.1, 0.15) is 12.8 Å². The van der Waals surface area contributed by atoms with Crippen molar-refractivity contribution in [3.05, 3.63) is 0 Å². The van der Waals surface area contributed by atoms with Gasteiger partial charge in [0.2, 0.25) is 0 Å². The predicted molar refractivity (Wildman–Crippen MR) is 29.0 cm³/mol. The fourth-order valence-electron chi connectivity index (χ4n) is 1.03. The Morgan fingerprint density at radius 3 is 3.12 bits per heavy atom. The molecule has 0 aliphatic carbocycles. The maximum absolute atomic E-state index is 3.38. The summed E-state index contributed by atoms with van der Waals surface area (Å²) in [6.07, 6.45) is 2.67. The SMILES string of the molecule is [Cr][NH]CC1CCCN1. The van der Waals surface area contributed by atoms with Crippen molar-refractivity contribution in [2.75, 3.05) is 13.1 Å². The summed E-state index contributed by atoms with van der Waals surface area (Å²) >= 11 is 2.78. The second-order valence-corrected chi connectivity index (χ2v) is 2.59. The topological polar surface area (TPSA) is 24.1 Å². The molecular weight excluding hydrogens is 140 g/mol. The molecule has 8 heavy (non-hydrogen) atoms. The Kier molecular flexibility index (Phi) is 2.85. The minimum atomic E-state index is 0.719. The molecule has 0 saturated carbocycles. The summed E-state index contributed by atoms with van der Waals surface area (Å²) in [6.45, 7) is 2.27. The van der Waals surface area contributed by atoms with Crippen LogP contribution in [0.3, 0.4) is 0 Å². The van der Waals surface area contributed by atoms with Gasteiger partial charge in [-0.05, 0) is 0 Å². The number of nitrogens with one attached hydrogen (secondary N) is 2. The van der Waals surface area contributed by atoms with E-state index in [1.165, 1.54) is 19.4 Å². The van der Waals surface area contributed by atoms with E-state index in [9.17, 15) is 0 Å². The summed E-state index contributed by atoms with van der Waals surface area (Å²) in [5.41, 5.74) is 0. The molecule has 0 aromatic heterocycles. The van der Waals surface area contributed by atoms with Crippen molar-refractivity contribution >= 4 is 0 Å². The van der Waals surface area contributed by atoms with E-state index in [0.29, 0.717) is 0 Å². The van der Waals surface area contributed by atoms with Gasteiger partial charge in [-0.2, -0.15) is 0 Å². The summed E-state index contributed by atoms with van der Waals surface area (Å²) in [7, 11) is 0. The van der Waals surface area contributed by atoms with E-state index < -0.39 is 0 Å². The second-order valence-electron chi connectivity index (χ2n) is 2.14. The van der Waals surface area contributed by atoms with Crippen LogP contribution < -0.4 is 9.62 Å². The number of hydrogen-bond acceptors (Lipinski definition) is 2. The standard InChI is InChI=1S/C5H11N2.Cr/c6-4-5-2-1-3-7-5;/h5-7H,1-4H2;/q-1;+1. The van der Waals surface area contributed by atoms with Crippen molar-refractivity contribution in [2.45, 2.75) is 18.9 Å². The summed E-state index contributed by atoms with van der Waals surface area (Å²) in [4.78, 5) is 0. The number of hydrogen-bond donors (Lipinski definition) is 2. The third kappa shape index (κ3) is 1.76. The zero-order chi connectivity index (χ0) is 5.82. The molecule has 2 N–H and O–H groups in total. The quantitative estimate of drug-likeness (QED) is 0.570. The molecule has 1 rings (SSSR count). The Bertz CT molecular complexity index is 61.4. The molecule has 3 heteroatoms. The van der Waals surface area contributed by atoms with Gasteiger partial charge in [-0.1, -0.05) is 0 Å². The molecule has 0 amide bonds. The van der Waals surface area contributed by atoms with E-state index in [1.54, 1.807) is 0 Å². The predicted octanol–water partition coefficient (Wildman–Crippen LogP) is -0.210. The van der Waals surface area contributed by atoms with Crippen LogP contribution in [0.25, 0.3) is 0 Å². The molecule has 1 atom stereocenters. The Balaban J connectivity index is 2.06. The van der Waals surface area contributed by atoms with Crippen molar-refractivity contribution in [3.8, 4) is 0 Å². The molecule has 0 aromatic carbocycles. The van der Waals surface area contributed by atoms with Gasteiger partial charge in [0, 0.05) is 0 Å². The first-order chi connectivity index (χ1) is 3.93. The Morgan fingerprint density at radius 1 is 1.75 bits per heavy atom. The summed E-state index contributed by atoms with van der Waals surface area (Å²) in [5, 5.41) is 3.38. The van der Waals surface area contributed by atoms with Gasteiger partial charge in [0.15, 0.2) is 0 Å². The van der Waals surface area contributed by atoms with E-state index in [0.717, 1.165) is 12.6 Å². The Morgan fingerprint density at radius 2 is 2.62 bits per heavy atom. The monoisotopic (exact) mass is 151 g/mol. The Hall–Kier alpha value is 0.452. The van der Waals surface area contributed by atoms with Gasteiger partial charge < -0.3 is 0 Å². The van der Waals surface area contributed by atoms with Crippen LogP contribution in [0.2, 0.25) is 0 Å². The molecule has 1 unspecified atom stereocenters. The van der Waals surface area contributed by atoms with E-state index >= 15 is 0 Å². The van der Waals surface area contributed by atoms with Crippen LogP contribution in [-0.2, 0) is 16.5 Å². The van der Waals surface area contributed by atoms with Crippen LogP contribution in [0, 0.1) is 0 Å². The molecule has 1 aliphatic rings. The molecular formula is C5H11CrN2. The second kappa shape index (κ2) is 3.47. The molecule has 1 fully saturated rings. The van der Waals surface area contributed by atoms with Gasteiger partial charge in [-0.25, -0.2) is 0 Å². The minimum absolute atomic E-state index is 0.719. The molecule has 1 saturated heterocycles. The number of rotatable bonds is 2. The first kappa shape index (κ1) is 6.57. The van der Waals surface area contributed by atoms with E-state index in [2.05, 4.69) is 26.1 Å². The first-order valence-corrected chi connectivity index (χ1v) is 3.65. The van der Waals surface area contributed by atoms with Gasteiger partial charge in [0.05, 0.1) is 0 Å². The first-order valence-electron chi connectivity index (χ1n) is 3.02. The van der Waals surface area contributed by atoms with Crippen LogP contribution in [0.4, 0.5) is 0 Å². The van der Waals surface area contributed by atoms with E-state index in [-0.39, 0.29) is 0 Å². The van der Waals surface area contributed by atoms with Crippen LogP contribution in [-0.4, -0.2) is 19.1 Å². The molecule has 2 nitrogen and oxygen atoms in total. The van der Waals surface area contributed by atoms with Crippen molar-refractivity contribution < 1.29 is 16.5 Å². The van der Waals surface area contributed by atoms with Crippen molar-refractivity contribution in [3.63, 3.8) is 0 Å². The summed E-state index contributed by atoms with van der Waals surface area (Å²) in [6, 6.07) is 0.719. The summed E-state index contributed by atoms with van der Waals surface area (Å²) in [5.74, 6) is 0. The van der Waals surface area contributed by atoms with E-state index in [1.807, 2.05) is 0 Å². The van der Waals surface area contributed by atoms with Crippen LogP contribution in [0.5, 0.6) is 0 Å². The maximum atomic E-state index is 3.38. The molecule has 0 aromatic rings. The van der Waals surface area contributed by atoms with Crippen molar-refractivity contribution in [1.29, 1.82) is 0 Å². The zero-order valence-electron chi connectivity index (χ0n) is 4.81. The normalized spacial score (nSPS) is 28.8. The molecule has 1 aliphatic heterocycles. The van der Waals surface area contributed by atoms with Crippen LogP contribution >= 0.6 is 0 Å². The Labute approximate surface area is 58.7 Å². The van der Waals surface area contributed by atoms with Gasteiger partial charge in [-0.3, -0.25) is 0 Å². The van der Waals surface area contributed by atoms with Crippen LogP contribution in [0.15, 0.2) is 0 Å². The van der Waals surface area contributed by atoms with Gasteiger partial charge in [0.1, 0.15) is 0 Å². The van der Waals surface area contributed by atoms with Gasteiger partial charge in [-0.15, -0.1) is 0 Å². The fourth-order valence-corrected chi connectivity index (χ4v) is 1.35. The average molecular weight is 151 g/mol. The van der Waals surface area contributed by atoms with Crippen molar-refractivity contribution in [2.24, 2.45) is 0 Å².